The first kappa shape index (κ1) is 12.4. The summed E-state index contributed by atoms with van der Waals surface area (Å²) in [5.74, 6) is 1.43. The number of aryl methyl sites for hydroxylation is 2. The molecule has 1 aliphatic heterocycles. The van der Waals surface area contributed by atoms with E-state index in [1.165, 1.54) is 25.9 Å². The number of likely N-dealkylation sites (tertiary alicyclic amines) is 1. The molecule has 0 bridgehead atoms. The monoisotopic (exact) mass is 260 g/mol. The predicted molar refractivity (Wildman–Crippen MR) is 72.7 cm³/mol. The van der Waals surface area contributed by atoms with Gasteiger partial charge in [0.2, 0.25) is 0 Å². The van der Waals surface area contributed by atoms with Gasteiger partial charge in [-0.3, -0.25) is 0 Å². The summed E-state index contributed by atoms with van der Waals surface area (Å²) in [5, 5.41) is 4.06. The van der Waals surface area contributed by atoms with Gasteiger partial charge in [-0.1, -0.05) is 5.16 Å². The largest absolute Gasteiger partial charge is 0.347 e. The maximum absolute atomic E-state index is 5.32. The molecule has 0 amide bonds. The first-order chi connectivity index (χ1) is 9.33. The summed E-state index contributed by atoms with van der Waals surface area (Å²) in [7, 11) is 1.98. The molecule has 5 heteroatoms. The van der Waals surface area contributed by atoms with Crippen molar-refractivity contribution in [3.05, 3.63) is 24.2 Å². The van der Waals surface area contributed by atoms with Crippen molar-refractivity contribution in [2.75, 3.05) is 19.6 Å². The van der Waals surface area contributed by atoms with Crippen molar-refractivity contribution < 1.29 is 4.52 Å². The van der Waals surface area contributed by atoms with Crippen molar-refractivity contribution in [1.29, 1.82) is 0 Å². The molecule has 1 fully saturated rings. The van der Waals surface area contributed by atoms with Gasteiger partial charge in [0.05, 0.1) is 0 Å². The molecule has 0 unspecified atom stereocenters. The Balaban J connectivity index is 1.55. The minimum atomic E-state index is 0.615. The van der Waals surface area contributed by atoms with Crippen LogP contribution in [0.1, 0.15) is 25.1 Å². The van der Waals surface area contributed by atoms with E-state index in [0.717, 1.165) is 30.9 Å². The minimum absolute atomic E-state index is 0.615. The summed E-state index contributed by atoms with van der Waals surface area (Å²) >= 11 is 0. The van der Waals surface area contributed by atoms with Crippen LogP contribution in [-0.2, 0) is 13.5 Å². The van der Waals surface area contributed by atoms with Gasteiger partial charge in [0, 0.05) is 19.7 Å². The second-order valence-corrected chi connectivity index (χ2v) is 5.17. The number of hydrogen-bond acceptors (Lipinski definition) is 4. The summed E-state index contributed by atoms with van der Waals surface area (Å²) in [5.41, 5.74) is 0.971. The van der Waals surface area contributed by atoms with Crippen LogP contribution in [0.2, 0.25) is 0 Å². The smallest absolute Gasteiger partial charge is 0.274 e. The van der Waals surface area contributed by atoms with E-state index in [-0.39, 0.29) is 0 Å². The molecule has 5 nitrogen and oxygen atoms in total. The third-order valence-electron chi connectivity index (χ3n) is 3.70. The van der Waals surface area contributed by atoms with Crippen LogP contribution in [0, 0.1) is 0 Å². The van der Waals surface area contributed by atoms with Crippen LogP contribution in [0.4, 0.5) is 0 Å². The van der Waals surface area contributed by atoms with Gasteiger partial charge in [-0.15, -0.1) is 0 Å². The van der Waals surface area contributed by atoms with Crippen molar-refractivity contribution in [3.63, 3.8) is 0 Å². The summed E-state index contributed by atoms with van der Waals surface area (Å²) in [4.78, 5) is 6.97. The molecule has 3 heterocycles. The topological polar surface area (TPSA) is 47.1 Å². The SMILES string of the molecule is Cn1cccc1-c1nc(CCCN2CCCC2)no1. The Labute approximate surface area is 113 Å². The van der Waals surface area contributed by atoms with Crippen LogP contribution in [-0.4, -0.2) is 39.2 Å². The molecule has 0 atom stereocenters. The van der Waals surface area contributed by atoms with Gasteiger partial charge >= 0.3 is 0 Å². The summed E-state index contributed by atoms with van der Waals surface area (Å²) in [6.45, 7) is 3.65. The van der Waals surface area contributed by atoms with Crippen LogP contribution < -0.4 is 0 Å². The molecule has 0 aliphatic carbocycles. The molecule has 2 aromatic heterocycles. The number of nitrogens with zero attached hydrogens (tertiary/aromatic N) is 4. The van der Waals surface area contributed by atoms with Crippen molar-refractivity contribution in [2.24, 2.45) is 7.05 Å². The van der Waals surface area contributed by atoms with E-state index in [9.17, 15) is 0 Å². The predicted octanol–water partition coefficient (Wildman–Crippen LogP) is 2.10. The number of rotatable bonds is 5. The third-order valence-corrected chi connectivity index (χ3v) is 3.70. The molecule has 102 valence electrons. The first-order valence-corrected chi connectivity index (χ1v) is 6.99. The van der Waals surface area contributed by atoms with Crippen LogP contribution in [0.25, 0.3) is 11.6 Å². The van der Waals surface area contributed by atoms with Crippen LogP contribution in [0.5, 0.6) is 0 Å². The number of hydrogen-bond donors (Lipinski definition) is 0. The van der Waals surface area contributed by atoms with E-state index in [0.29, 0.717) is 5.89 Å². The van der Waals surface area contributed by atoms with E-state index >= 15 is 0 Å². The second kappa shape index (κ2) is 5.57. The van der Waals surface area contributed by atoms with Gasteiger partial charge in [0.1, 0.15) is 5.69 Å². The summed E-state index contributed by atoms with van der Waals surface area (Å²) in [6.07, 6.45) is 6.67. The van der Waals surface area contributed by atoms with Gasteiger partial charge in [-0.2, -0.15) is 4.98 Å². The van der Waals surface area contributed by atoms with E-state index in [2.05, 4.69) is 15.0 Å². The lowest BCUT2D eigenvalue weighted by Crippen LogP contribution is -2.20. The highest BCUT2D eigenvalue weighted by atomic mass is 16.5. The molecule has 0 saturated carbocycles. The fourth-order valence-corrected chi connectivity index (χ4v) is 2.61. The normalized spacial score (nSPS) is 16.3. The van der Waals surface area contributed by atoms with Crippen LogP contribution in [0.15, 0.2) is 22.9 Å². The lowest BCUT2D eigenvalue weighted by molar-refractivity contribution is 0.331. The van der Waals surface area contributed by atoms with Gasteiger partial charge in [0.15, 0.2) is 5.82 Å². The second-order valence-electron chi connectivity index (χ2n) is 5.17. The average molecular weight is 260 g/mol. The van der Waals surface area contributed by atoms with Gasteiger partial charge < -0.3 is 14.0 Å². The average Bonchev–Trinajstić information content (AvgIpc) is 3.10. The molecular formula is C14H20N4O. The van der Waals surface area contributed by atoms with E-state index in [1.807, 2.05) is 29.9 Å². The van der Waals surface area contributed by atoms with Crippen molar-refractivity contribution >= 4 is 0 Å². The minimum Gasteiger partial charge on any atom is -0.347 e. The van der Waals surface area contributed by atoms with Crippen molar-refractivity contribution in [1.82, 2.24) is 19.6 Å². The highest BCUT2D eigenvalue weighted by Gasteiger charge is 2.13. The quantitative estimate of drug-likeness (QED) is 0.826. The molecule has 2 aromatic rings. The molecule has 0 radical (unpaired) electrons. The lowest BCUT2D eigenvalue weighted by Gasteiger charge is -2.12. The zero-order valence-electron chi connectivity index (χ0n) is 11.4. The molecule has 0 spiro atoms. The molecule has 1 saturated heterocycles. The molecule has 3 rings (SSSR count). The standard InChI is InChI=1S/C14H20N4O/c1-17-8-4-6-12(17)14-15-13(16-19-14)7-5-11-18-9-2-3-10-18/h4,6,8H,2-3,5,7,9-11H2,1H3. The summed E-state index contributed by atoms with van der Waals surface area (Å²) < 4.78 is 7.30. The molecule has 0 N–H and O–H groups in total. The molecule has 0 aromatic carbocycles. The highest BCUT2D eigenvalue weighted by molar-refractivity contribution is 5.47. The van der Waals surface area contributed by atoms with E-state index in [4.69, 9.17) is 4.52 Å². The van der Waals surface area contributed by atoms with Crippen LogP contribution in [0.3, 0.4) is 0 Å². The van der Waals surface area contributed by atoms with Crippen molar-refractivity contribution in [3.8, 4) is 11.6 Å². The highest BCUT2D eigenvalue weighted by Crippen LogP contribution is 2.17. The van der Waals surface area contributed by atoms with Gasteiger partial charge in [-0.05, 0) is 51.0 Å². The molecule has 1 aliphatic rings. The number of aromatic nitrogens is 3. The Morgan fingerprint density at radius 3 is 2.89 bits per heavy atom. The Bertz CT molecular complexity index is 525. The van der Waals surface area contributed by atoms with E-state index < -0.39 is 0 Å². The summed E-state index contributed by atoms with van der Waals surface area (Å²) in [6, 6.07) is 3.97. The Kier molecular flexibility index (Phi) is 3.64. The third kappa shape index (κ3) is 2.87. The van der Waals surface area contributed by atoms with Gasteiger partial charge in [-0.25, -0.2) is 0 Å². The molecular weight excluding hydrogens is 240 g/mol. The fourth-order valence-electron chi connectivity index (χ4n) is 2.61. The Hall–Kier alpha value is -1.62. The van der Waals surface area contributed by atoms with Crippen LogP contribution >= 0.6 is 0 Å². The molecule has 19 heavy (non-hydrogen) atoms. The Morgan fingerprint density at radius 2 is 2.16 bits per heavy atom. The fraction of sp³-hybridized carbons (Fsp3) is 0.571. The van der Waals surface area contributed by atoms with E-state index in [1.54, 1.807) is 0 Å². The first-order valence-electron chi connectivity index (χ1n) is 6.99. The Morgan fingerprint density at radius 1 is 1.32 bits per heavy atom. The van der Waals surface area contributed by atoms with Crippen molar-refractivity contribution in [2.45, 2.75) is 25.7 Å². The maximum atomic E-state index is 5.32. The lowest BCUT2D eigenvalue weighted by atomic mass is 10.3. The zero-order valence-corrected chi connectivity index (χ0v) is 11.4. The zero-order chi connectivity index (χ0) is 13.1. The maximum Gasteiger partial charge on any atom is 0.274 e. The van der Waals surface area contributed by atoms with Gasteiger partial charge in [0.25, 0.3) is 5.89 Å².